The number of aromatic nitrogens is 3. The lowest BCUT2D eigenvalue weighted by Gasteiger charge is -2.11. The topological polar surface area (TPSA) is 78.3 Å². The molecule has 0 aliphatic rings. The van der Waals surface area contributed by atoms with Crippen molar-refractivity contribution in [1.29, 1.82) is 0 Å². The number of para-hydroxylation sites is 2. The van der Waals surface area contributed by atoms with E-state index in [9.17, 15) is 4.79 Å². The van der Waals surface area contributed by atoms with Crippen molar-refractivity contribution in [1.82, 2.24) is 14.8 Å². The molecule has 0 bridgehead atoms. The molecule has 0 aliphatic carbocycles. The fourth-order valence-electron chi connectivity index (χ4n) is 2.59. The van der Waals surface area contributed by atoms with Crippen LogP contribution < -0.4 is 14.8 Å². The third-order valence-corrected chi connectivity index (χ3v) is 5.68. The summed E-state index contributed by atoms with van der Waals surface area (Å²) in [5.74, 6) is 2.02. The summed E-state index contributed by atoms with van der Waals surface area (Å²) in [4.78, 5) is 12.3. The Kier molecular flexibility index (Phi) is 8.14. The molecular formula is C21H21IN4O3S. The SMILES string of the molecule is C=CCn1c(COc2ccccc2OC)nnc1SCC(=O)Nc1ccc(I)cc1. The Morgan fingerprint density at radius 1 is 1.20 bits per heavy atom. The monoisotopic (exact) mass is 536 g/mol. The molecule has 9 heteroatoms. The highest BCUT2D eigenvalue weighted by atomic mass is 127. The second-order valence-corrected chi connectivity index (χ2v) is 8.27. The minimum atomic E-state index is -0.110. The van der Waals surface area contributed by atoms with E-state index in [2.05, 4.69) is 44.7 Å². The minimum absolute atomic E-state index is 0.110. The number of thioether (sulfide) groups is 1. The average Bonchev–Trinajstić information content (AvgIpc) is 3.14. The Hall–Kier alpha value is -2.53. The summed E-state index contributed by atoms with van der Waals surface area (Å²) >= 11 is 3.54. The molecule has 0 spiro atoms. The second-order valence-electron chi connectivity index (χ2n) is 6.08. The maximum Gasteiger partial charge on any atom is 0.234 e. The van der Waals surface area contributed by atoms with Gasteiger partial charge in [-0.2, -0.15) is 0 Å². The predicted molar refractivity (Wildman–Crippen MR) is 126 cm³/mol. The summed E-state index contributed by atoms with van der Waals surface area (Å²) in [6.07, 6.45) is 1.76. The fraction of sp³-hybridized carbons (Fsp3) is 0.190. The molecule has 156 valence electrons. The lowest BCUT2D eigenvalue weighted by atomic mass is 10.3. The van der Waals surface area contributed by atoms with Crippen molar-refractivity contribution in [2.24, 2.45) is 0 Å². The lowest BCUT2D eigenvalue weighted by molar-refractivity contribution is -0.113. The third kappa shape index (κ3) is 5.99. The van der Waals surface area contributed by atoms with Crippen LogP contribution in [0.4, 0.5) is 5.69 Å². The Bertz CT molecular complexity index is 1010. The maximum atomic E-state index is 12.3. The molecule has 0 saturated carbocycles. The molecule has 0 unspecified atom stereocenters. The first kappa shape index (κ1) is 22.2. The van der Waals surface area contributed by atoms with E-state index in [1.807, 2.05) is 53.1 Å². The first-order valence-electron chi connectivity index (χ1n) is 9.07. The van der Waals surface area contributed by atoms with E-state index in [1.165, 1.54) is 11.8 Å². The van der Waals surface area contributed by atoms with Crippen molar-refractivity contribution in [3.63, 3.8) is 0 Å². The zero-order valence-corrected chi connectivity index (χ0v) is 19.4. The van der Waals surface area contributed by atoms with Crippen LogP contribution in [0.3, 0.4) is 0 Å². The Morgan fingerprint density at radius 3 is 2.63 bits per heavy atom. The number of halogens is 1. The largest absolute Gasteiger partial charge is 0.493 e. The molecule has 2 aromatic carbocycles. The van der Waals surface area contributed by atoms with Crippen LogP contribution in [0.2, 0.25) is 0 Å². The van der Waals surface area contributed by atoms with Gasteiger partial charge in [-0.15, -0.1) is 16.8 Å². The van der Waals surface area contributed by atoms with Crippen LogP contribution >= 0.6 is 34.4 Å². The van der Waals surface area contributed by atoms with Crippen LogP contribution in [0, 0.1) is 3.57 Å². The van der Waals surface area contributed by atoms with Crippen molar-refractivity contribution in [2.45, 2.75) is 18.3 Å². The first-order chi connectivity index (χ1) is 14.6. The van der Waals surface area contributed by atoms with Crippen molar-refractivity contribution in [3.8, 4) is 11.5 Å². The Labute approximate surface area is 193 Å². The molecule has 30 heavy (non-hydrogen) atoms. The van der Waals surface area contributed by atoms with E-state index in [0.29, 0.717) is 29.0 Å². The number of benzene rings is 2. The number of carbonyl (C=O) groups excluding carboxylic acids is 1. The molecule has 1 amide bonds. The summed E-state index contributed by atoms with van der Waals surface area (Å²) in [5.41, 5.74) is 0.763. The van der Waals surface area contributed by atoms with Crippen molar-refractivity contribution in [3.05, 3.63) is 70.6 Å². The van der Waals surface area contributed by atoms with Gasteiger partial charge in [-0.05, 0) is 59.0 Å². The van der Waals surface area contributed by atoms with E-state index in [4.69, 9.17) is 9.47 Å². The quantitative estimate of drug-likeness (QED) is 0.235. The maximum absolute atomic E-state index is 12.3. The summed E-state index contributed by atoms with van der Waals surface area (Å²) in [6, 6.07) is 15.0. The Morgan fingerprint density at radius 2 is 1.93 bits per heavy atom. The van der Waals surface area contributed by atoms with Gasteiger partial charge in [0.25, 0.3) is 0 Å². The second kappa shape index (κ2) is 11.0. The van der Waals surface area contributed by atoms with E-state index in [-0.39, 0.29) is 18.3 Å². The molecule has 0 saturated heterocycles. The van der Waals surface area contributed by atoms with Gasteiger partial charge in [0, 0.05) is 15.8 Å². The van der Waals surface area contributed by atoms with E-state index in [1.54, 1.807) is 13.2 Å². The van der Waals surface area contributed by atoms with Gasteiger partial charge in [0.2, 0.25) is 5.91 Å². The number of amides is 1. The van der Waals surface area contributed by atoms with Crippen LogP contribution in [0.25, 0.3) is 0 Å². The molecule has 3 aromatic rings. The normalized spacial score (nSPS) is 10.5. The van der Waals surface area contributed by atoms with Gasteiger partial charge in [0.1, 0.15) is 6.61 Å². The molecule has 1 heterocycles. The number of allylic oxidation sites excluding steroid dienone is 1. The van der Waals surface area contributed by atoms with Crippen LogP contribution in [-0.4, -0.2) is 33.5 Å². The summed E-state index contributed by atoms with van der Waals surface area (Å²) in [6.45, 7) is 4.53. The number of ether oxygens (including phenoxy) is 2. The zero-order valence-electron chi connectivity index (χ0n) is 16.4. The molecular weight excluding hydrogens is 515 g/mol. The van der Waals surface area contributed by atoms with Crippen LogP contribution in [-0.2, 0) is 17.9 Å². The highest BCUT2D eigenvalue weighted by molar-refractivity contribution is 14.1. The van der Waals surface area contributed by atoms with Crippen molar-refractivity contribution in [2.75, 3.05) is 18.2 Å². The fourth-order valence-corrected chi connectivity index (χ4v) is 3.71. The molecule has 0 aliphatic heterocycles. The molecule has 7 nitrogen and oxygen atoms in total. The molecule has 1 N–H and O–H groups in total. The summed E-state index contributed by atoms with van der Waals surface area (Å²) in [7, 11) is 1.60. The number of hydrogen-bond acceptors (Lipinski definition) is 6. The first-order valence-corrected chi connectivity index (χ1v) is 11.1. The standard InChI is InChI=1S/C21H21IN4O3S/c1-3-12-26-19(13-29-18-7-5-4-6-17(18)28-2)24-25-21(26)30-14-20(27)23-16-10-8-15(22)9-11-16/h3-11H,1,12-14H2,2H3,(H,23,27). The number of methoxy groups -OCH3 is 1. The van der Waals surface area contributed by atoms with E-state index in [0.717, 1.165) is 9.26 Å². The number of hydrogen-bond donors (Lipinski definition) is 1. The van der Waals surface area contributed by atoms with E-state index >= 15 is 0 Å². The Balaban J connectivity index is 1.62. The number of nitrogens with one attached hydrogen (secondary N) is 1. The highest BCUT2D eigenvalue weighted by Crippen LogP contribution is 2.27. The van der Waals surface area contributed by atoms with Crippen LogP contribution in [0.1, 0.15) is 5.82 Å². The molecule has 3 rings (SSSR count). The number of nitrogens with zero attached hydrogens (tertiary/aromatic N) is 3. The molecule has 0 atom stereocenters. The summed E-state index contributed by atoms with van der Waals surface area (Å²) in [5, 5.41) is 11.9. The van der Waals surface area contributed by atoms with Crippen molar-refractivity contribution >= 4 is 45.9 Å². The average molecular weight is 536 g/mol. The molecule has 1 aromatic heterocycles. The van der Waals surface area contributed by atoms with Gasteiger partial charge in [0.05, 0.1) is 12.9 Å². The number of carbonyl (C=O) groups is 1. The molecule has 0 fully saturated rings. The van der Waals surface area contributed by atoms with Crippen LogP contribution in [0.5, 0.6) is 11.5 Å². The molecule has 0 radical (unpaired) electrons. The number of anilines is 1. The zero-order chi connectivity index (χ0) is 21.3. The van der Waals surface area contributed by atoms with Crippen LogP contribution in [0.15, 0.2) is 66.3 Å². The van der Waals surface area contributed by atoms with Gasteiger partial charge in [-0.25, -0.2) is 0 Å². The van der Waals surface area contributed by atoms with Gasteiger partial charge in [-0.3, -0.25) is 9.36 Å². The lowest BCUT2D eigenvalue weighted by Crippen LogP contribution is -2.15. The smallest absolute Gasteiger partial charge is 0.234 e. The van der Waals surface area contributed by atoms with Gasteiger partial charge >= 0.3 is 0 Å². The highest BCUT2D eigenvalue weighted by Gasteiger charge is 2.15. The summed E-state index contributed by atoms with van der Waals surface area (Å²) < 4.78 is 14.2. The number of rotatable bonds is 10. The minimum Gasteiger partial charge on any atom is -0.493 e. The van der Waals surface area contributed by atoms with Crippen molar-refractivity contribution < 1.29 is 14.3 Å². The van der Waals surface area contributed by atoms with Gasteiger partial charge in [0.15, 0.2) is 22.5 Å². The van der Waals surface area contributed by atoms with E-state index < -0.39 is 0 Å². The van der Waals surface area contributed by atoms with Gasteiger partial charge < -0.3 is 14.8 Å². The van der Waals surface area contributed by atoms with Gasteiger partial charge in [-0.1, -0.05) is 30.0 Å². The predicted octanol–water partition coefficient (Wildman–Crippen LogP) is 4.39. The third-order valence-electron chi connectivity index (χ3n) is 3.99.